The molecule has 2 aliphatic rings. The van der Waals surface area contributed by atoms with Crippen LogP contribution in [0.15, 0.2) is 46.9 Å². The number of hydrogen-bond acceptors (Lipinski definition) is 1. The molecule has 0 radical (unpaired) electrons. The lowest BCUT2D eigenvalue weighted by molar-refractivity contribution is 0.0871. The molecule has 0 bridgehead atoms. The molecule has 0 amide bonds. The molecule has 1 fully saturated rings. The Morgan fingerprint density at radius 3 is 2.43 bits per heavy atom. The second-order valence-corrected chi connectivity index (χ2v) is 7.50. The van der Waals surface area contributed by atoms with Crippen molar-refractivity contribution in [3.63, 3.8) is 0 Å². The van der Waals surface area contributed by atoms with Crippen LogP contribution in [0.4, 0.5) is 0 Å². The molecule has 108 valence electrons. The maximum absolute atomic E-state index is 9.78. The zero-order valence-corrected chi connectivity index (χ0v) is 13.6. The number of fused-ring (bicyclic) bond motifs is 1. The van der Waals surface area contributed by atoms with Gasteiger partial charge in [-0.25, -0.2) is 0 Å². The molecule has 4 rings (SSSR count). The fourth-order valence-electron chi connectivity index (χ4n) is 4.31. The summed E-state index contributed by atoms with van der Waals surface area (Å²) < 4.78 is 1.13. The second-order valence-electron chi connectivity index (χ2n) is 6.58. The van der Waals surface area contributed by atoms with Gasteiger partial charge in [0.1, 0.15) is 5.75 Å². The lowest BCUT2D eigenvalue weighted by atomic mass is 9.52. The van der Waals surface area contributed by atoms with Crippen molar-refractivity contribution < 1.29 is 5.11 Å². The Balaban J connectivity index is 1.86. The minimum Gasteiger partial charge on any atom is -0.508 e. The van der Waals surface area contributed by atoms with Gasteiger partial charge in [-0.1, -0.05) is 40.5 Å². The van der Waals surface area contributed by atoms with E-state index in [0.717, 1.165) is 10.9 Å². The fourth-order valence-corrected chi connectivity index (χ4v) is 4.57. The Hall–Kier alpha value is -1.28. The zero-order chi connectivity index (χ0) is 14.4. The van der Waals surface area contributed by atoms with Gasteiger partial charge in [0.15, 0.2) is 0 Å². The van der Waals surface area contributed by atoms with Crippen molar-refractivity contribution in [3.8, 4) is 5.75 Å². The summed E-state index contributed by atoms with van der Waals surface area (Å²) in [5.74, 6) is 0.886. The maximum atomic E-state index is 9.78. The van der Waals surface area contributed by atoms with Crippen LogP contribution in [0.1, 0.15) is 48.3 Å². The molecule has 2 aliphatic carbocycles. The summed E-state index contributed by atoms with van der Waals surface area (Å²) in [6, 6.07) is 14.8. The van der Waals surface area contributed by atoms with Gasteiger partial charge in [0, 0.05) is 10.4 Å². The number of benzene rings is 2. The number of aromatic hydroxyl groups is 1. The Labute approximate surface area is 134 Å². The molecule has 2 heteroatoms. The summed E-state index contributed by atoms with van der Waals surface area (Å²) in [7, 11) is 0. The van der Waals surface area contributed by atoms with Gasteiger partial charge in [-0.2, -0.15) is 0 Å². The van der Waals surface area contributed by atoms with Gasteiger partial charge >= 0.3 is 0 Å². The molecular weight excluding hydrogens is 324 g/mol. The van der Waals surface area contributed by atoms with E-state index in [1.54, 1.807) is 0 Å². The van der Waals surface area contributed by atoms with Crippen molar-refractivity contribution in [2.75, 3.05) is 0 Å². The SMILES string of the molecule is Oc1ccc2c(c1)CCC1(CCC1)C2c1ccc(Br)cc1. The van der Waals surface area contributed by atoms with E-state index in [2.05, 4.69) is 46.3 Å². The third-order valence-electron chi connectivity index (χ3n) is 5.49. The molecule has 1 unspecified atom stereocenters. The summed E-state index contributed by atoms with van der Waals surface area (Å²) in [4.78, 5) is 0. The first-order valence-electron chi connectivity index (χ1n) is 7.75. The molecule has 1 saturated carbocycles. The van der Waals surface area contributed by atoms with Crippen LogP contribution in [0, 0.1) is 5.41 Å². The maximum Gasteiger partial charge on any atom is 0.115 e. The van der Waals surface area contributed by atoms with E-state index in [4.69, 9.17) is 0 Å². The zero-order valence-electron chi connectivity index (χ0n) is 12.0. The van der Waals surface area contributed by atoms with Gasteiger partial charge in [-0.15, -0.1) is 0 Å². The molecule has 0 aromatic heterocycles. The summed E-state index contributed by atoms with van der Waals surface area (Å²) in [5, 5.41) is 9.78. The molecule has 0 saturated heterocycles. The summed E-state index contributed by atoms with van der Waals surface area (Å²) in [5.41, 5.74) is 4.64. The minimum absolute atomic E-state index is 0.396. The van der Waals surface area contributed by atoms with Gasteiger partial charge in [-0.3, -0.25) is 0 Å². The fraction of sp³-hybridized carbons (Fsp3) is 0.368. The molecule has 1 nitrogen and oxygen atoms in total. The van der Waals surface area contributed by atoms with Crippen molar-refractivity contribution in [1.29, 1.82) is 0 Å². The first-order chi connectivity index (χ1) is 10.2. The predicted octanol–water partition coefficient (Wildman–Crippen LogP) is 5.40. The molecule has 21 heavy (non-hydrogen) atoms. The van der Waals surface area contributed by atoms with Crippen molar-refractivity contribution >= 4 is 15.9 Å². The van der Waals surface area contributed by atoms with E-state index in [1.165, 1.54) is 42.4 Å². The lowest BCUT2D eigenvalue weighted by Gasteiger charge is -2.52. The second kappa shape index (κ2) is 4.88. The Morgan fingerprint density at radius 2 is 1.76 bits per heavy atom. The topological polar surface area (TPSA) is 20.2 Å². The first kappa shape index (κ1) is 13.4. The average molecular weight is 343 g/mol. The largest absolute Gasteiger partial charge is 0.508 e. The number of phenolic OH excluding ortho intramolecular Hbond substituents is 1. The third-order valence-corrected chi connectivity index (χ3v) is 6.02. The van der Waals surface area contributed by atoms with Crippen molar-refractivity contribution in [2.45, 2.75) is 38.0 Å². The molecule has 1 N–H and O–H groups in total. The van der Waals surface area contributed by atoms with Gasteiger partial charge < -0.3 is 5.11 Å². The Morgan fingerprint density at radius 1 is 1.00 bits per heavy atom. The number of hydrogen-bond donors (Lipinski definition) is 1. The Kier molecular flexibility index (Phi) is 3.11. The van der Waals surface area contributed by atoms with E-state index in [9.17, 15) is 5.11 Å². The molecule has 0 aliphatic heterocycles. The highest BCUT2D eigenvalue weighted by Gasteiger charge is 2.47. The van der Waals surface area contributed by atoms with Crippen LogP contribution in [0.25, 0.3) is 0 Å². The Bertz CT molecular complexity index is 670. The molecular formula is C19H19BrO. The highest BCUT2D eigenvalue weighted by molar-refractivity contribution is 9.10. The van der Waals surface area contributed by atoms with Crippen molar-refractivity contribution in [1.82, 2.24) is 0 Å². The number of phenols is 1. The van der Waals surface area contributed by atoms with E-state index < -0.39 is 0 Å². The van der Waals surface area contributed by atoms with Gasteiger partial charge in [0.2, 0.25) is 0 Å². The monoisotopic (exact) mass is 342 g/mol. The van der Waals surface area contributed by atoms with Crippen LogP contribution in [0.5, 0.6) is 5.75 Å². The number of aryl methyl sites for hydroxylation is 1. The van der Waals surface area contributed by atoms with E-state index in [0.29, 0.717) is 17.1 Å². The van der Waals surface area contributed by atoms with Crippen molar-refractivity contribution in [3.05, 3.63) is 63.6 Å². The molecule has 2 aromatic rings. The van der Waals surface area contributed by atoms with Crippen LogP contribution in [0.2, 0.25) is 0 Å². The smallest absolute Gasteiger partial charge is 0.115 e. The molecule has 1 spiro atoms. The average Bonchev–Trinajstić information content (AvgIpc) is 2.45. The first-order valence-corrected chi connectivity index (χ1v) is 8.55. The normalized spacial score (nSPS) is 22.6. The van der Waals surface area contributed by atoms with Gasteiger partial charge in [0.25, 0.3) is 0 Å². The van der Waals surface area contributed by atoms with Crippen LogP contribution < -0.4 is 0 Å². The predicted molar refractivity (Wildman–Crippen MR) is 88.7 cm³/mol. The number of halogens is 1. The van der Waals surface area contributed by atoms with Gasteiger partial charge in [-0.05, 0) is 72.1 Å². The van der Waals surface area contributed by atoms with E-state index in [-0.39, 0.29) is 0 Å². The molecule has 0 heterocycles. The van der Waals surface area contributed by atoms with Crippen LogP contribution >= 0.6 is 15.9 Å². The summed E-state index contributed by atoms with van der Waals surface area (Å²) >= 11 is 3.54. The minimum atomic E-state index is 0.396. The number of rotatable bonds is 1. The molecule has 2 aromatic carbocycles. The summed E-state index contributed by atoms with van der Waals surface area (Å²) in [6.45, 7) is 0. The van der Waals surface area contributed by atoms with Crippen LogP contribution in [0.3, 0.4) is 0 Å². The third kappa shape index (κ3) is 2.12. The van der Waals surface area contributed by atoms with Crippen LogP contribution in [-0.4, -0.2) is 5.11 Å². The van der Waals surface area contributed by atoms with Crippen molar-refractivity contribution in [2.24, 2.45) is 5.41 Å². The van der Waals surface area contributed by atoms with Crippen LogP contribution in [-0.2, 0) is 6.42 Å². The van der Waals surface area contributed by atoms with E-state index in [1.807, 2.05) is 12.1 Å². The summed E-state index contributed by atoms with van der Waals surface area (Å²) in [6.07, 6.45) is 6.41. The standard InChI is InChI=1S/C19H19BrO/c20-15-4-2-13(3-5-15)18-17-7-6-16(21)12-14(17)8-11-19(18)9-1-10-19/h2-7,12,18,21H,1,8-11H2. The van der Waals surface area contributed by atoms with E-state index >= 15 is 0 Å². The van der Waals surface area contributed by atoms with Gasteiger partial charge in [0.05, 0.1) is 0 Å². The highest BCUT2D eigenvalue weighted by Crippen LogP contribution is 2.60. The quantitative estimate of drug-likeness (QED) is 0.735. The molecule has 1 atom stereocenters. The lowest BCUT2D eigenvalue weighted by Crippen LogP contribution is -2.40. The highest BCUT2D eigenvalue weighted by atomic mass is 79.9.